The first-order valence-corrected chi connectivity index (χ1v) is 5.80. The lowest BCUT2D eigenvalue weighted by Gasteiger charge is -2.39. The fourth-order valence-electron chi connectivity index (χ4n) is 3.06. The Labute approximate surface area is 86.6 Å². The summed E-state index contributed by atoms with van der Waals surface area (Å²) in [7, 11) is 0. The van der Waals surface area contributed by atoms with Crippen LogP contribution in [0.25, 0.3) is 0 Å². The summed E-state index contributed by atoms with van der Waals surface area (Å²) in [5.74, 6) is 0.311. The van der Waals surface area contributed by atoms with E-state index in [-0.39, 0.29) is 0 Å². The number of hydrogen-bond donors (Lipinski definition) is 0. The molecule has 0 aromatic heterocycles. The molecule has 0 aromatic rings. The third-order valence-electron chi connectivity index (χ3n) is 4.00. The summed E-state index contributed by atoms with van der Waals surface area (Å²) in [5.41, 5.74) is 3.67. The highest BCUT2D eigenvalue weighted by molar-refractivity contribution is 5.55. The predicted octanol–water partition coefficient (Wildman–Crippen LogP) is 3.49. The maximum absolute atomic E-state index is 10.8. The van der Waals surface area contributed by atoms with Gasteiger partial charge in [0.05, 0.1) is 0 Å². The fraction of sp³-hybridized carbons (Fsp3) is 0.769. The minimum atomic E-state index is 0.311. The van der Waals surface area contributed by atoms with E-state index in [0.29, 0.717) is 11.3 Å². The molecule has 2 aliphatic rings. The molecule has 0 aromatic carbocycles. The second-order valence-electron chi connectivity index (χ2n) is 5.46. The van der Waals surface area contributed by atoms with Crippen molar-refractivity contribution < 1.29 is 4.79 Å². The molecule has 1 unspecified atom stereocenters. The predicted molar refractivity (Wildman–Crippen MR) is 58.1 cm³/mol. The molecule has 78 valence electrons. The van der Waals surface area contributed by atoms with Gasteiger partial charge in [-0.25, -0.2) is 0 Å². The average Bonchev–Trinajstić information content (AvgIpc) is 2.17. The number of hydrogen-bond acceptors (Lipinski definition) is 1. The molecule has 0 N–H and O–H groups in total. The van der Waals surface area contributed by atoms with Crippen LogP contribution in [0.1, 0.15) is 52.4 Å². The van der Waals surface area contributed by atoms with Crippen molar-refractivity contribution in [2.45, 2.75) is 52.4 Å². The normalized spacial score (nSPS) is 31.1. The van der Waals surface area contributed by atoms with E-state index in [2.05, 4.69) is 13.8 Å². The summed E-state index contributed by atoms with van der Waals surface area (Å²) in [6.07, 6.45) is 8.43. The molecule has 0 heterocycles. The average molecular weight is 192 g/mol. The Morgan fingerprint density at radius 3 is 2.86 bits per heavy atom. The molecule has 14 heavy (non-hydrogen) atoms. The molecule has 0 saturated heterocycles. The van der Waals surface area contributed by atoms with Crippen molar-refractivity contribution >= 4 is 6.29 Å². The molecule has 0 amide bonds. The lowest BCUT2D eigenvalue weighted by atomic mass is 9.66. The van der Waals surface area contributed by atoms with E-state index in [1.165, 1.54) is 25.7 Å². The summed E-state index contributed by atoms with van der Waals surface area (Å²) in [4.78, 5) is 10.8. The number of allylic oxidation sites excluding steroid dienone is 2. The smallest absolute Gasteiger partial charge is 0.123 e. The van der Waals surface area contributed by atoms with E-state index in [1.54, 1.807) is 11.1 Å². The molecular weight excluding hydrogens is 172 g/mol. The van der Waals surface area contributed by atoms with Crippen molar-refractivity contribution in [3.05, 3.63) is 11.1 Å². The summed E-state index contributed by atoms with van der Waals surface area (Å²) in [6.45, 7) is 4.68. The van der Waals surface area contributed by atoms with Crippen molar-refractivity contribution in [3.8, 4) is 0 Å². The van der Waals surface area contributed by atoms with E-state index in [9.17, 15) is 4.79 Å². The van der Waals surface area contributed by atoms with Crippen molar-refractivity contribution in [2.75, 3.05) is 0 Å². The largest absolute Gasteiger partial charge is 0.303 e. The SMILES string of the molecule is CC1(C)CCCC2=C1CC(C=O)CC2. The van der Waals surface area contributed by atoms with Gasteiger partial charge < -0.3 is 4.79 Å². The molecule has 0 aliphatic heterocycles. The van der Waals surface area contributed by atoms with Gasteiger partial charge in [0, 0.05) is 5.92 Å². The van der Waals surface area contributed by atoms with Crippen molar-refractivity contribution in [2.24, 2.45) is 11.3 Å². The molecule has 0 fully saturated rings. The van der Waals surface area contributed by atoms with Gasteiger partial charge in [-0.2, -0.15) is 0 Å². The topological polar surface area (TPSA) is 17.1 Å². The fourth-order valence-corrected chi connectivity index (χ4v) is 3.06. The van der Waals surface area contributed by atoms with E-state index >= 15 is 0 Å². The number of carbonyl (C=O) groups excluding carboxylic acids is 1. The Bertz CT molecular complexity index is 273. The van der Waals surface area contributed by atoms with Gasteiger partial charge in [0.2, 0.25) is 0 Å². The van der Waals surface area contributed by atoms with Gasteiger partial charge in [-0.05, 0) is 43.9 Å². The number of rotatable bonds is 1. The molecule has 0 radical (unpaired) electrons. The van der Waals surface area contributed by atoms with Crippen molar-refractivity contribution in [1.82, 2.24) is 0 Å². The van der Waals surface area contributed by atoms with Crippen LogP contribution in [0.3, 0.4) is 0 Å². The first-order valence-electron chi connectivity index (χ1n) is 5.80. The molecule has 1 atom stereocenters. The number of carbonyl (C=O) groups is 1. The minimum absolute atomic E-state index is 0.311. The van der Waals surface area contributed by atoms with Crippen LogP contribution in [-0.2, 0) is 4.79 Å². The van der Waals surface area contributed by atoms with Crippen LogP contribution in [0.5, 0.6) is 0 Å². The second-order valence-corrected chi connectivity index (χ2v) is 5.46. The summed E-state index contributed by atoms with van der Waals surface area (Å²) in [5, 5.41) is 0. The van der Waals surface area contributed by atoms with Gasteiger partial charge in [-0.1, -0.05) is 25.0 Å². The number of aldehydes is 1. The van der Waals surface area contributed by atoms with Gasteiger partial charge in [-0.15, -0.1) is 0 Å². The monoisotopic (exact) mass is 192 g/mol. The van der Waals surface area contributed by atoms with Crippen LogP contribution in [0.2, 0.25) is 0 Å². The highest BCUT2D eigenvalue weighted by atomic mass is 16.1. The van der Waals surface area contributed by atoms with Crippen LogP contribution >= 0.6 is 0 Å². The van der Waals surface area contributed by atoms with E-state index in [4.69, 9.17) is 0 Å². The van der Waals surface area contributed by atoms with Crippen LogP contribution in [0.4, 0.5) is 0 Å². The third-order valence-corrected chi connectivity index (χ3v) is 4.00. The first kappa shape index (κ1) is 9.95. The summed E-state index contributed by atoms with van der Waals surface area (Å²) < 4.78 is 0. The molecule has 2 rings (SSSR count). The summed E-state index contributed by atoms with van der Waals surface area (Å²) in [6, 6.07) is 0. The minimum Gasteiger partial charge on any atom is -0.303 e. The molecule has 0 spiro atoms. The van der Waals surface area contributed by atoms with Crippen LogP contribution < -0.4 is 0 Å². The highest BCUT2D eigenvalue weighted by Gasteiger charge is 2.33. The van der Waals surface area contributed by atoms with Gasteiger partial charge in [-0.3, -0.25) is 0 Å². The second kappa shape index (κ2) is 3.52. The van der Waals surface area contributed by atoms with Crippen LogP contribution in [0, 0.1) is 11.3 Å². The van der Waals surface area contributed by atoms with Crippen molar-refractivity contribution in [1.29, 1.82) is 0 Å². The highest BCUT2D eigenvalue weighted by Crippen LogP contribution is 2.47. The maximum atomic E-state index is 10.8. The molecule has 0 bridgehead atoms. The van der Waals surface area contributed by atoms with Gasteiger partial charge in [0.25, 0.3) is 0 Å². The zero-order valence-electron chi connectivity index (χ0n) is 9.31. The van der Waals surface area contributed by atoms with Crippen molar-refractivity contribution in [3.63, 3.8) is 0 Å². The molecule has 1 nitrogen and oxygen atoms in total. The summed E-state index contributed by atoms with van der Waals surface area (Å²) >= 11 is 0. The Hall–Kier alpha value is -0.590. The van der Waals surface area contributed by atoms with Crippen LogP contribution in [0.15, 0.2) is 11.1 Å². The first-order chi connectivity index (χ1) is 6.63. The van der Waals surface area contributed by atoms with Gasteiger partial charge in [0.1, 0.15) is 6.29 Å². The maximum Gasteiger partial charge on any atom is 0.123 e. The molecular formula is C13H20O. The van der Waals surface area contributed by atoms with Crippen LogP contribution in [-0.4, -0.2) is 6.29 Å². The molecule has 1 heteroatoms. The Morgan fingerprint density at radius 1 is 1.36 bits per heavy atom. The van der Waals surface area contributed by atoms with E-state index in [1.807, 2.05) is 0 Å². The quantitative estimate of drug-likeness (QED) is 0.459. The zero-order valence-corrected chi connectivity index (χ0v) is 9.31. The zero-order chi connectivity index (χ0) is 10.2. The standard InChI is InChI=1S/C13H20O/c1-13(2)7-3-4-11-6-5-10(9-14)8-12(11)13/h9-10H,3-8H2,1-2H3. The molecule has 0 saturated carbocycles. The lowest BCUT2D eigenvalue weighted by Crippen LogP contribution is -2.26. The van der Waals surface area contributed by atoms with Gasteiger partial charge in [0.15, 0.2) is 0 Å². The molecule has 2 aliphatic carbocycles. The van der Waals surface area contributed by atoms with E-state index < -0.39 is 0 Å². The van der Waals surface area contributed by atoms with Gasteiger partial charge >= 0.3 is 0 Å². The Balaban J connectivity index is 2.26. The van der Waals surface area contributed by atoms with E-state index in [0.717, 1.165) is 19.1 Å². The Morgan fingerprint density at radius 2 is 2.14 bits per heavy atom. The third kappa shape index (κ3) is 1.65. The Kier molecular flexibility index (Phi) is 2.50. The lowest BCUT2D eigenvalue weighted by molar-refractivity contribution is -0.111.